The molecule has 0 fully saturated rings. The summed E-state index contributed by atoms with van der Waals surface area (Å²) in [7, 11) is 0. The zero-order valence-corrected chi connectivity index (χ0v) is 7.56. The Morgan fingerprint density at radius 3 is 2.67 bits per heavy atom. The number of hydrogen-bond donors (Lipinski definition) is 0. The maximum absolute atomic E-state index is 3.91. The van der Waals surface area contributed by atoms with E-state index in [-0.39, 0.29) is 0 Å². The van der Waals surface area contributed by atoms with Crippen molar-refractivity contribution in [3.63, 3.8) is 0 Å². The Labute approximate surface area is 68.6 Å². The summed E-state index contributed by atoms with van der Waals surface area (Å²) in [6.45, 7) is 4.07. The smallest absolute Gasteiger partial charge is 0.0929 e. The van der Waals surface area contributed by atoms with Gasteiger partial charge in [-0.3, -0.25) is 4.98 Å². The van der Waals surface area contributed by atoms with Gasteiger partial charge in [-0.1, -0.05) is 0 Å². The second-order valence-electron chi connectivity index (χ2n) is 1.99. The molecule has 0 N–H and O–H groups in total. The highest BCUT2D eigenvalue weighted by Crippen LogP contribution is 2.12. The van der Waals surface area contributed by atoms with E-state index in [9.17, 15) is 0 Å². The normalized spacial score (nSPS) is 9.67. The minimum atomic E-state index is 1.13. The lowest BCUT2D eigenvalue weighted by Gasteiger charge is -1.97. The molecule has 1 nitrogen and oxygen atoms in total. The van der Waals surface area contributed by atoms with Crippen LogP contribution in [0.4, 0.5) is 0 Å². The summed E-state index contributed by atoms with van der Waals surface area (Å²) in [5.41, 5.74) is 2.36. The topological polar surface area (TPSA) is 12.9 Å². The van der Waals surface area contributed by atoms with E-state index >= 15 is 0 Å². The van der Waals surface area contributed by atoms with Crippen LogP contribution in [0.3, 0.4) is 0 Å². The van der Waals surface area contributed by atoms with Crippen LogP contribution < -0.4 is 0 Å². The molecule has 0 unspecified atom stereocenters. The Bertz CT molecular complexity index is 200. The van der Waals surface area contributed by atoms with Crippen molar-refractivity contribution in [2.45, 2.75) is 13.8 Å². The van der Waals surface area contributed by atoms with Crippen LogP contribution in [-0.4, -0.2) is 4.98 Å². The van der Waals surface area contributed by atoms with Gasteiger partial charge in [0.25, 0.3) is 0 Å². The molecule has 1 aromatic rings. The van der Waals surface area contributed by atoms with Gasteiger partial charge in [-0.05, 0) is 47.6 Å². The highest BCUT2D eigenvalue weighted by Gasteiger charge is 1.95. The Morgan fingerprint density at radius 2 is 2.22 bits per heavy atom. The lowest BCUT2D eigenvalue weighted by molar-refractivity contribution is 1.18. The van der Waals surface area contributed by atoms with Gasteiger partial charge >= 0.3 is 0 Å². The van der Waals surface area contributed by atoms with E-state index < -0.39 is 0 Å². The van der Waals surface area contributed by atoms with Gasteiger partial charge in [0, 0.05) is 9.77 Å². The maximum atomic E-state index is 3.91. The molecule has 47 valence electrons. The van der Waals surface area contributed by atoms with Crippen molar-refractivity contribution in [3.8, 4) is 0 Å². The fourth-order valence-electron chi connectivity index (χ4n) is 0.627. The molecule has 0 aliphatic carbocycles. The number of rotatable bonds is 0. The Kier molecular flexibility index (Phi) is 2.05. The summed E-state index contributed by atoms with van der Waals surface area (Å²) in [6.07, 6.45) is 4.71. The molecule has 0 aromatic carbocycles. The van der Waals surface area contributed by atoms with Crippen LogP contribution in [-0.2, 0) is 0 Å². The SMILES string of the molecule is Cc1[c]ncc(C)c1I. The number of hydrogen-bond acceptors (Lipinski definition) is 1. The maximum Gasteiger partial charge on any atom is 0.0929 e. The molecule has 1 aromatic heterocycles. The summed E-state index contributed by atoms with van der Waals surface area (Å²) in [4.78, 5) is 3.91. The van der Waals surface area contributed by atoms with E-state index in [4.69, 9.17) is 0 Å². The van der Waals surface area contributed by atoms with E-state index in [1.807, 2.05) is 13.1 Å². The third kappa shape index (κ3) is 1.41. The molecule has 0 saturated carbocycles. The zero-order chi connectivity index (χ0) is 6.85. The Hall–Kier alpha value is -0.120. The number of pyridine rings is 1. The van der Waals surface area contributed by atoms with Crippen LogP contribution in [0, 0.1) is 23.6 Å². The number of aromatic nitrogens is 1. The first kappa shape index (κ1) is 6.99. The van der Waals surface area contributed by atoms with Gasteiger partial charge < -0.3 is 0 Å². The second-order valence-corrected chi connectivity index (χ2v) is 3.07. The highest BCUT2D eigenvalue weighted by molar-refractivity contribution is 14.1. The van der Waals surface area contributed by atoms with E-state index in [2.05, 4.69) is 40.7 Å². The van der Waals surface area contributed by atoms with E-state index in [1.54, 1.807) is 0 Å². The predicted molar refractivity (Wildman–Crippen MR) is 45.3 cm³/mol. The van der Waals surface area contributed by atoms with Crippen molar-refractivity contribution < 1.29 is 0 Å². The molecule has 0 spiro atoms. The van der Waals surface area contributed by atoms with Crippen LogP contribution >= 0.6 is 22.6 Å². The second kappa shape index (κ2) is 2.64. The van der Waals surface area contributed by atoms with Gasteiger partial charge in [0.05, 0.1) is 6.20 Å². The van der Waals surface area contributed by atoms with E-state index in [0.717, 1.165) is 5.56 Å². The minimum absolute atomic E-state index is 1.13. The summed E-state index contributed by atoms with van der Waals surface area (Å²) in [5.74, 6) is 0. The Balaban J connectivity index is 3.25. The molecule has 0 bridgehead atoms. The van der Waals surface area contributed by atoms with Gasteiger partial charge in [-0.15, -0.1) is 0 Å². The molecule has 0 atom stereocenters. The van der Waals surface area contributed by atoms with E-state index in [0.29, 0.717) is 0 Å². The number of halogens is 1. The van der Waals surface area contributed by atoms with Crippen molar-refractivity contribution >= 4 is 22.6 Å². The summed E-state index contributed by atoms with van der Waals surface area (Å²) in [5, 5.41) is 0. The van der Waals surface area contributed by atoms with Crippen molar-refractivity contribution in [2.75, 3.05) is 0 Å². The fourth-order valence-corrected chi connectivity index (χ4v) is 0.887. The summed E-state index contributed by atoms with van der Waals surface area (Å²) >= 11 is 2.30. The number of aryl methyl sites for hydroxylation is 2. The molecule has 0 amide bonds. The molecule has 1 heterocycles. The largest absolute Gasteiger partial charge is 0.254 e. The molecule has 0 aliphatic rings. The van der Waals surface area contributed by atoms with Crippen LogP contribution in [0.25, 0.3) is 0 Å². The number of nitrogens with zero attached hydrogens (tertiary/aromatic N) is 1. The quantitative estimate of drug-likeness (QED) is 0.624. The van der Waals surface area contributed by atoms with Crippen molar-refractivity contribution in [2.24, 2.45) is 0 Å². The molecule has 1 radical (unpaired) electrons. The van der Waals surface area contributed by atoms with Crippen molar-refractivity contribution in [1.82, 2.24) is 4.98 Å². The molecular weight excluding hydrogens is 225 g/mol. The lowest BCUT2D eigenvalue weighted by atomic mass is 10.2. The van der Waals surface area contributed by atoms with Gasteiger partial charge in [0.2, 0.25) is 0 Å². The minimum Gasteiger partial charge on any atom is -0.254 e. The fraction of sp³-hybridized carbons (Fsp3) is 0.286. The Morgan fingerprint density at radius 1 is 1.56 bits per heavy atom. The van der Waals surface area contributed by atoms with Crippen LogP contribution in [0.2, 0.25) is 0 Å². The highest BCUT2D eigenvalue weighted by atomic mass is 127. The van der Waals surface area contributed by atoms with Gasteiger partial charge in [-0.25, -0.2) is 0 Å². The molecule has 0 aliphatic heterocycles. The van der Waals surface area contributed by atoms with Gasteiger partial charge in [0.1, 0.15) is 0 Å². The van der Waals surface area contributed by atoms with Gasteiger partial charge in [-0.2, -0.15) is 0 Å². The lowest BCUT2D eigenvalue weighted by Crippen LogP contribution is -1.86. The van der Waals surface area contributed by atoms with Gasteiger partial charge in [0.15, 0.2) is 0 Å². The van der Waals surface area contributed by atoms with Crippen molar-refractivity contribution in [1.29, 1.82) is 0 Å². The molecule has 2 heteroatoms. The first-order chi connectivity index (χ1) is 4.22. The monoisotopic (exact) mass is 232 g/mol. The summed E-state index contributed by atoms with van der Waals surface area (Å²) in [6, 6.07) is 0. The third-order valence-corrected chi connectivity index (χ3v) is 2.83. The van der Waals surface area contributed by atoms with Crippen molar-refractivity contribution in [3.05, 3.63) is 27.1 Å². The van der Waals surface area contributed by atoms with E-state index in [1.165, 1.54) is 9.13 Å². The molecule has 9 heavy (non-hydrogen) atoms. The average molecular weight is 232 g/mol. The zero-order valence-electron chi connectivity index (χ0n) is 5.40. The summed E-state index contributed by atoms with van der Waals surface area (Å²) < 4.78 is 1.27. The molecular formula is C7H7IN. The van der Waals surface area contributed by atoms with Crippen LogP contribution in [0.5, 0.6) is 0 Å². The first-order valence-corrected chi connectivity index (χ1v) is 3.79. The third-order valence-electron chi connectivity index (χ3n) is 1.17. The first-order valence-electron chi connectivity index (χ1n) is 2.71. The van der Waals surface area contributed by atoms with Crippen LogP contribution in [0.15, 0.2) is 6.20 Å². The van der Waals surface area contributed by atoms with Crippen LogP contribution in [0.1, 0.15) is 11.1 Å². The molecule has 1 rings (SSSR count). The average Bonchev–Trinajstić information content (AvgIpc) is 1.83. The predicted octanol–water partition coefficient (Wildman–Crippen LogP) is 2.10. The molecule has 0 saturated heterocycles. The standard InChI is InChI=1S/C7H7IN/c1-5-3-9-4-6(2)7(5)8/h3H,1-2H3.